The Balaban J connectivity index is 1.34. The normalized spacial score (nSPS) is 16.6. The van der Waals surface area contributed by atoms with Gasteiger partial charge in [-0.2, -0.15) is 4.98 Å². The zero-order chi connectivity index (χ0) is 18.6. The van der Waals surface area contributed by atoms with Crippen LogP contribution in [0.5, 0.6) is 0 Å². The van der Waals surface area contributed by atoms with Crippen LogP contribution in [0.2, 0.25) is 0 Å². The van der Waals surface area contributed by atoms with E-state index in [9.17, 15) is 4.79 Å². The number of hydrogen-bond donors (Lipinski definition) is 1. The lowest BCUT2D eigenvalue weighted by Crippen LogP contribution is -2.39. The minimum atomic E-state index is -0.172. The quantitative estimate of drug-likeness (QED) is 0.744. The lowest BCUT2D eigenvalue weighted by atomic mass is 10.1. The first-order valence-corrected chi connectivity index (χ1v) is 9.02. The second-order valence-corrected chi connectivity index (χ2v) is 6.65. The number of hydrogen-bond acceptors (Lipinski definition) is 6. The largest absolute Gasteiger partial charge is 0.359 e. The second kappa shape index (κ2) is 7.61. The van der Waals surface area contributed by atoms with Gasteiger partial charge in [-0.3, -0.25) is 0 Å². The number of amides is 2. The third kappa shape index (κ3) is 3.99. The van der Waals surface area contributed by atoms with Crippen LogP contribution in [0, 0.1) is 6.92 Å². The molecule has 0 saturated carbocycles. The van der Waals surface area contributed by atoms with Crippen LogP contribution in [-0.2, 0) is 13.0 Å². The summed E-state index contributed by atoms with van der Waals surface area (Å²) in [6, 6.07) is 11.6. The van der Waals surface area contributed by atoms with Crippen molar-refractivity contribution in [2.75, 3.05) is 6.54 Å². The molecule has 8 nitrogen and oxygen atoms in total. The monoisotopic (exact) mass is 367 g/mol. The van der Waals surface area contributed by atoms with Gasteiger partial charge in [0.1, 0.15) is 0 Å². The summed E-state index contributed by atoms with van der Waals surface area (Å²) in [5, 5.41) is 10.8. The Morgan fingerprint density at radius 3 is 2.89 bits per heavy atom. The number of carbonyl (C=O) groups is 1. The molecule has 2 amide bonds. The highest BCUT2D eigenvalue weighted by molar-refractivity contribution is 5.74. The number of urea groups is 1. The van der Waals surface area contributed by atoms with E-state index in [0.717, 1.165) is 29.9 Å². The average molecular weight is 367 g/mol. The van der Waals surface area contributed by atoms with Crippen LogP contribution in [0.4, 0.5) is 4.79 Å². The molecule has 0 aliphatic carbocycles. The van der Waals surface area contributed by atoms with Crippen molar-refractivity contribution in [3.63, 3.8) is 0 Å². The molecule has 1 atom stereocenters. The zero-order valence-electron chi connectivity index (χ0n) is 15.1. The molecular formula is C19H21N5O3. The Bertz CT molecular complexity index is 905. The van der Waals surface area contributed by atoms with Gasteiger partial charge >= 0.3 is 6.03 Å². The summed E-state index contributed by atoms with van der Waals surface area (Å²) in [4.78, 5) is 18.7. The van der Waals surface area contributed by atoms with Crippen molar-refractivity contribution in [1.82, 2.24) is 25.5 Å². The summed E-state index contributed by atoms with van der Waals surface area (Å²) in [5.74, 6) is 1.71. The third-order valence-corrected chi connectivity index (χ3v) is 4.59. The number of benzene rings is 1. The number of nitrogens with zero attached hydrogens (tertiary/aromatic N) is 4. The fraction of sp³-hybridized carbons (Fsp3) is 0.368. The van der Waals surface area contributed by atoms with Gasteiger partial charge in [-0.05, 0) is 25.3 Å². The molecule has 27 heavy (non-hydrogen) atoms. The molecule has 1 unspecified atom stereocenters. The minimum absolute atomic E-state index is 0.0810. The fourth-order valence-corrected chi connectivity index (χ4v) is 3.31. The van der Waals surface area contributed by atoms with Crippen molar-refractivity contribution < 1.29 is 13.8 Å². The van der Waals surface area contributed by atoms with Crippen LogP contribution in [0.3, 0.4) is 0 Å². The first kappa shape index (κ1) is 17.3. The maximum absolute atomic E-state index is 12.6. The molecule has 1 fully saturated rings. The molecular weight excluding hydrogens is 346 g/mol. The molecule has 0 radical (unpaired) electrons. The molecule has 0 bridgehead atoms. The summed E-state index contributed by atoms with van der Waals surface area (Å²) in [6.45, 7) is 2.74. The second-order valence-electron chi connectivity index (χ2n) is 6.65. The van der Waals surface area contributed by atoms with E-state index < -0.39 is 0 Å². The van der Waals surface area contributed by atoms with E-state index in [1.165, 1.54) is 0 Å². The topological polar surface area (TPSA) is 97.3 Å². The maximum atomic E-state index is 12.6. The van der Waals surface area contributed by atoms with E-state index in [1.807, 2.05) is 43.3 Å². The number of likely N-dealkylation sites (tertiary alicyclic amines) is 1. The molecule has 2 aromatic heterocycles. The highest BCUT2D eigenvalue weighted by Crippen LogP contribution is 2.32. The first-order chi connectivity index (χ1) is 13.2. The fourth-order valence-electron chi connectivity index (χ4n) is 3.31. The van der Waals surface area contributed by atoms with Crippen LogP contribution in [0.15, 0.2) is 45.4 Å². The summed E-state index contributed by atoms with van der Waals surface area (Å²) >= 11 is 0. The summed E-state index contributed by atoms with van der Waals surface area (Å²) in [5.41, 5.74) is 1.92. The van der Waals surface area contributed by atoms with Crippen molar-refractivity contribution in [3.05, 3.63) is 65.1 Å². The van der Waals surface area contributed by atoms with Crippen molar-refractivity contribution in [3.8, 4) is 0 Å². The third-order valence-electron chi connectivity index (χ3n) is 4.59. The molecule has 1 aromatic carbocycles. The van der Waals surface area contributed by atoms with E-state index in [2.05, 4.69) is 20.6 Å². The zero-order valence-corrected chi connectivity index (χ0v) is 15.1. The summed E-state index contributed by atoms with van der Waals surface area (Å²) in [6.07, 6.45) is 2.39. The van der Waals surface area contributed by atoms with Crippen LogP contribution in [0.1, 0.15) is 47.6 Å². The highest BCUT2D eigenvalue weighted by Gasteiger charge is 2.32. The van der Waals surface area contributed by atoms with E-state index in [-0.39, 0.29) is 18.6 Å². The Morgan fingerprint density at radius 1 is 1.26 bits per heavy atom. The highest BCUT2D eigenvalue weighted by atomic mass is 16.5. The number of nitrogens with one attached hydrogen (secondary N) is 1. The molecule has 3 heterocycles. The molecule has 3 aromatic rings. The van der Waals surface area contributed by atoms with Crippen molar-refractivity contribution in [2.45, 2.75) is 38.8 Å². The molecule has 1 aliphatic rings. The Labute approximate surface area is 156 Å². The molecule has 140 valence electrons. The van der Waals surface area contributed by atoms with Crippen LogP contribution in [-0.4, -0.2) is 32.8 Å². The Kier molecular flexibility index (Phi) is 4.86. The van der Waals surface area contributed by atoms with Crippen molar-refractivity contribution in [1.29, 1.82) is 0 Å². The Hall–Kier alpha value is -3.16. The number of carbonyl (C=O) groups excluding carboxylic acids is 1. The van der Waals surface area contributed by atoms with Crippen LogP contribution < -0.4 is 5.32 Å². The molecule has 4 rings (SSSR count). The van der Waals surface area contributed by atoms with Gasteiger partial charge in [0.15, 0.2) is 11.6 Å². The minimum Gasteiger partial charge on any atom is -0.359 e. The molecule has 1 N–H and O–H groups in total. The number of aromatic nitrogens is 3. The maximum Gasteiger partial charge on any atom is 0.318 e. The molecule has 8 heteroatoms. The number of rotatable bonds is 5. The van der Waals surface area contributed by atoms with Crippen LogP contribution in [0.25, 0.3) is 0 Å². The Morgan fingerprint density at radius 2 is 2.11 bits per heavy atom. The van der Waals surface area contributed by atoms with Gasteiger partial charge in [0.25, 0.3) is 0 Å². The summed E-state index contributed by atoms with van der Waals surface area (Å²) in [7, 11) is 0. The van der Waals surface area contributed by atoms with E-state index in [1.54, 1.807) is 4.90 Å². The van der Waals surface area contributed by atoms with E-state index in [4.69, 9.17) is 9.05 Å². The van der Waals surface area contributed by atoms with Gasteiger partial charge in [-0.1, -0.05) is 40.6 Å². The smallest absolute Gasteiger partial charge is 0.318 e. The van der Waals surface area contributed by atoms with Gasteiger partial charge in [-0.25, -0.2) is 4.79 Å². The van der Waals surface area contributed by atoms with E-state index >= 15 is 0 Å². The van der Waals surface area contributed by atoms with Gasteiger partial charge in [0.2, 0.25) is 5.89 Å². The average Bonchev–Trinajstić information content (AvgIpc) is 3.41. The predicted molar refractivity (Wildman–Crippen MR) is 95.7 cm³/mol. The van der Waals surface area contributed by atoms with Gasteiger partial charge in [-0.15, -0.1) is 0 Å². The molecule has 1 saturated heterocycles. The van der Waals surface area contributed by atoms with E-state index in [0.29, 0.717) is 24.7 Å². The standard InChI is InChI=1S/C19H21N5O3/c1-13-10-16(26-22-13)15-8-5-9-24(15)19(25)20-12-18-21-17(23-27-18)11-14-6-3-2-4-7-14/h2-4,6-7,10,15H,5,8-9,11-12H2,1H3,(H,20,25). The molecule has 1 aliphatic heterocycles. The lowest BCUT2D eigenvalue weighted by molar-refractivity contribution is 0.180. The van der Waals surface area contributed by atoms with Crippen molar-refractivity contribution in [2.24, 2.45) is 0 Å². The first-order valence-electron chi connectivity index (χ1n) is 9.02. The predicted octanol–water partition coefficient (Wildman–Crippen LogP) is 3.00. The van der Waals surface area contributed by atoms with Crippen molar-refractivity contribution >= 4 is 6.03 Å². The molecule has 0 spiro atoms. The van der Waals surface area contributed by atoms with Gasteiger partial charge < -0.3 is 19.3 Å². The van der Waals surface area contributed by atoms with Gasteiger partial charge in [0.05, 0.1) is 18.3 Å². The SMILES string of the molecule is Cc1cc(C2CCCN2C(=O)NCc2nc(Cc3ccccc3)no2)on1. The number of aryl methyl sites for hydroxylation is 1. The lowest BCUT2D eigenvalue weighted by Gasteiger charge is -2.22. The van der Waals surface area contributed by atoms with Crippen LogP contribution >= 0.6 is 0 Å². The van der Waals surface area contributed by atoms with Gasteiger partial charge in [0, 0.05) is 19.0 Å². The summed E-state index contributed by atoms with van der Waals surface area (Å²) < 4.78 is 10.6.